The topological polar surface area (TPSA) is 52.1 Å². The Morgan fingerprint density at radius 3 is 2.52 bits per heavy atom. The lowest BCUT2D eigenvalue weighted by atomic mass is 10.1. The van der Waals surface area contributed by atoms with Crippen molar-refractivity contribution in [2.24, 2.45) is 4.99 Å². The molecule has 1 rings (SSSR count). The van der Waals surface area contributed by atoms with E-state index in [1.807, 2.05) is 7.05 Å². The van der Waals surface area contributed by atoms with E-state index in [0.717, 1.165) is 45.2 Å². The van der Waals surface area contributed by atoms with E-state index in [1.165, 1.54) is 38.9 Å². The Hall–Kier alpha value is -0.120. The van der Waals surface area contributed by atoms with Crippen LogP contribution in [0.2, 0.25) is 0 Å². The van der Waals surface area contributed by atoms with Crippen molar-refractivity contribution in [3.05, 3.63) is 0 Å². The quantitative estimate of drug-likeness (QED) is 0.210. The number of aliphatic imine (C=N–C) groups is 1. The summed E-state index contributed by atoms with van der Waals surface area (Å²) >= 11 is 0. The van der Waals surface area contributed by atoms with Crippen LogP contribution in [0.5, 0.6) is 0 Å². The van der Waals surface area contributed by atoms with Crippen LogP contribution in [0, 0.1) is 0 Å². The molecule has 2 N–H and O–H groups in total. The minimum atomic E-state index is 0. The maximum absolute atomic E-state index is 5.13. The van der Waals surface area contributed by atoms with Gasteiger partial charge in [0.2, 0.25) is 0 Å². The van der Waals surface area contributed by atoms with Gasteiger partial charge in [-0.25, -0.2) is 0 Å². The Kier molecular flexibility index (Phi) is 16.0. The highest BCUT2D eigenvalue weighted by Crippen LogP contribution is 2.10. The Balaban J connectivity index is 0.00000576. The molecule has 25 heavy (non-hydrogen) atoms. The molecule has 7 heteroatoms. The van der Waals surface area contributed by atoms with Gasteiger partial charge in [0, 0.05) is 59.5 Å². The Labute approximate surface area is 172 Å². The predicted octanol–water partition coefficient (Wildman–Crippen LogP) is 2.00. The van der Waals surface area contributed by atoms with E-state index >= 15 is 0 Å². The minimum Gasteiger partial charge on any atom is -0.385 e. The third-order valence-electron chi connectivity index (χ3n) is 4.68. The summed E-state index contributed by atoms with van der Waals surface area (Å²) in [6, 6.07) is 0.535. The van der Waals surface area contributed by atoms with Crippen LogP contribution < -0.4 is 10.6 Å². The third-order valence-corrected chi connectivity index (χ3v) is 4.68. The molecule has 0 aromatic heterocycles. The second-order valence-corrected chi connectivity index (χ2v) is 6.54. The van der Waals surface area contributed by atoms with Crippen LogP contribution in [-0.2, 0) is 4.74 Å². The molecule has 6 nitrogen and oxygen atoms in total. The number of hydrogen-bond donors (Lipinski definition) is 2. The molecule has 0 amide bonds. The molecule has 0 radical (unpaired) electrons. The van der Waals surface area contributed by atoms with Crippen LogP contribution >= 0.6 is 24.0 Å². The Bertz CT molecular complexity index is 335. The van der Waals surface area contributed by atoms with Crippen molar-refractivity contribution in [2.45, 2.75) is 45.6 Å². The van der Waals surface area contributed by atoms with Gasteiger partial charge in [-0.15, -0.1) is 24.0 Å². The maximum atomic E-state index is 5.13. The average molecular weight is 469 g/mol. The molecule has 0 atom stereocenters. The van der Waals surface area contributed by atoms with Crippen LogP contribution in [0.25, 0.3) is 0 Å². The van der Waals surface area contributed by atoms with Crippen molar-refractivity contribution >= 4 is 29.9 Å². The molecule has 0 bridgehead atoms. The zero-order valence-corrected chi connectivity index (χ0v) is 19.1. The number of guanidine groups is 1. The molecule has 0 aromatic rings. The third kappa shape index (κ3) is 11.2. The SMILES string of the molecule is CCCN(CC)CCNC(=NC)NC1CCN(CCCOC)CC1.I. The molecular formula is C18H40IN5O. The summed E-state index contributed by atoms with van der Waals surface area (Å²) in [5.41, 5.74) is 0. The highest BCUT2D eigenvalue weighted by atomic mass is 127. The Morgan fingerprint density at radius 1 is 1.24 bits per heavy atom. The lowest BCUT2D eigenvalue weighted by Gasteiger charge is -2.33. The van der Waals surface area contributed by atoms with Crippen LogP contribution in [-0.4, -0.2) is 88.4 Å². The van der Waals surface area contributed by atoms with Gasteiger partial charge in [0.15, 0.2) is 5.96 Å². The van der Waals surface area contributed by atoms with Gasteiger partial charge in [0.25, 0.3) is 0 Å². The number of ether oxygens (including phenoxy) is 1. The summed E-state index contributed by atoms with van der Waals surface area (Å²) < 4.78 is 5.13. The van der Waals surface area contributed by atoms with Gasteiger partial charge in [-0.05, 0) is 38.8 Å². The molecule has 1 aliphatic heterocycles. The number of likely N-dealkylation sites (tertiary alicyclic amines) is 1. The van der Waals surface area contributed by atoms with Crippen LogP contribution in [0.15, 0.2) is 4.99 Å². The molecule has 0 unspecified atom stereocenters. The fourth-order valence-electron chi connectivity index (χ4n) is 3.20. The summed E-state index contributed by atoms with van der Waals surface area (Å²) in [5, 5.41) is 7.05. The summed E-state index contributed by atoms with van der Waals surface area (Å²) in [6.45, 7) is 13.1. The van der Waals surface area contributed by atoms with Gasteiger partial charge in [-0.3, -0.25) is 4.99 Å². The first-order valence-corrected chi connectivity index (χ1v) is 9.64. The number of methoxy groups -OCH3 is 1. The number of hydrogen-bond acceptors (Lipinski definition) is 4. The van der Waals surface area contributed by atoms with E-state index in [9.17, 15) is 0 Å². The summed E-state index contributed by atoms with van der Waals surface area (Å²) in [5.74, 6) is 0.945. The van der Waals surface area contributed by atoms with E-state index in [4.69, 9.17) is 4.74 Å². The highest BCUT2D eigenvalue weighted by molar-refractivity contribution is 14.0. The van der Waals surface area contributed by atoms with Crippen molar-refractivity contribution in [1.82, 2.24) is 20.4 Å². The summed E-state index contributed by atoms with van der Waals surface area (Å²) in [4.78, 5) is 9.39. The largest absolute Gasteiger partial charge is 0.385 e. The smallest absolute Gasteiger partial charge is 0.191 e. The lowest BCUT2D eigenvalue weighted by molar-refractivity contribution is 0.155. The van der Waals surface area contributed by atoms with E-state index in [-0.39, 0.29) is 24.0 Å². The van der Waals surface area contributed by atoms with Gasteiger partial charge in [0.05, 0.1) is 0 Å². The van der Waals surface area contributed by atoms with E-state index in [0.29, 0.717) is 6.04 Å². The molecule has 150 valence electrons. The fraction of sp³-hybridized carbons (Fsp3) is 0.944. The van der Waals surface area contributed by atoms with Crippen molar-refractivity contribution in [3.63, 3.8) is 0 Å². The number of likely N-dealkylation sites (N-methyl/N-ethyl adjacent to an activating group) is 1. The van der Waals surface area contributed by atoms with Crippen molar-refractivity contribution < 1.29 is 4.74 Å². The van der Waals surface area contributed by atoms with Crippen molar-refractivity contribution in [2.75, 3.05) is 66.6 Å². The minimum absolute atomic E-state index is 0. The fourth-order valence-corrected chi connectivity index (χ4v) is 3.20. The second kappa shape index (κ2) is 16.1. The molecule has 0 aromatic carbocycles. The van der Waals surface area contributed by atoms with Gasteiger partial charge in [0.1, 0.15) is 0 Å². The molecule has 1 saturated heterocycles. The number of nitrogens with zero attached hydrogens (tertiary/aromatic N) is 3. The first kappa shape index (κ1) is 24.9. The molecule has 0 saturated carbocycles. The van der Waals surface area contributed by atoms with E-state index in [1.54, 1.807) is 7.11 Å². The molecule has 1 fully saturated rings. The maximum Gasteiger partial charge on any atom is 0.191 e. The van der Waals surface area contributed by atoms with E-state index < -0.39 is 0 Å². The lowest BCUT2D eigenvalue weighted by Crippen LogP contribution is -2.49. The highest BCUT2D eigenvalue weighted by Gasteiger charge is 2.19. The standard InChI is InChI=1S/C18H39N5O.HI/c1-5-11-22(6-2)15-10-20-18(19-3)21-17-8-13-23(14-9-17)12-7-16-24-4;/h17H,5-16H2,1-4H3,(H2,19,20,21);1H. The van der Waals surface area contributed by atoms with Gasteiger partial charge < -0.3 is 25.2 Å². The van der Waals surface area contributed by atoms with Crippen molar-refractivity contribution in [3.8, 4) is 0 Å². The zero-order valence-electron chi connectivity index (χ0n) is 16.7. The average Bonchev–Trinajstić information content (AvgIpc) is 2.61. The molecule has 1 aliphatic rings. The van der Waals surface area contributed by atoms with E-state index in [2.05, 4.69) is 39.3 Å². The summed E-state index contributed by atoms with van der Waals surface area (Å²) in [7, 11) is 3.63. The first-order valence-electron chi connectivity index (χ1n) is 9.64. The zero-order chi connectivity index (χ0) is 17.6. The van der Waals surface area contributed by atoms with Crippen molar-refractivity contribution in [1.29, 1.82) is 0 Å². The molecule has 0 aliphatic carbocycles. The van der Waals surface area contributed by atoms with Gasteiger partial charge in [-0.1, -0.05) is 13.8 Å². The summed E-state index contributed by atoms with van der Waals surface area (Å²) in [6.07, 6.45) is 4.71. The predicted molar refractivity (Wildman–Crippen MR) is 118 cm³/mol. The van der Waals surface area contributed by atoms with Gasteiger partial charge in [-0.2, -0.15) is 0 Å². The number of nitrogens with one attached hydrogen (secondary N) is 2. The Morgan fingerprint density at radius 2 is 1.96 bits per heavy atom. The molecule has 0 spiro atoms. The van der Waals surface area contributed by atoms with Crippen LogP contribution in [0.4, 0.5) is 0 Å². The number of rotatable bonds is 11. The number of halogens is 1. The van der Waals surface area contributed by atoms with Crippen LogP contribution in [0.3, 0.4) is 0 Å². The monoisotopic (exact) mass is 469 g/mol. The normalized spacial score (nSPS) is 16.8. The first-order chi connectivity index (χ1) is 11.7. The molecule has 1 heterocycles. The number of piperidine rings is 1. The second-order valence-electron chi connectivity index (χ2n) is 6.54. The molecular weight excluding hydrogens is 429 g/mol. The van der Waals surface area contributed by atoms with Crippen LogP contribution in [0.1, 0.15) is 39.5 Å². The van der Waals surface area contributed by atoms with Gasteiger partial charge >= 0.3 is 0 Å².